The summed E-state index contributed by atoms with van der Waals surface area (Å²) in [6.07, 6.45) is 3.69. The van der Waals surface area contributed by atoms with Gasteiger partial charge in [-0.2, -0.15) is 13.2 Å². The molecule has 3 aliphatic rings. The summed E-state index contributed by atoms with van der Waals surface area (Å²) in [7, 11) is 0. The molecule has 46 heavy (non-hydrogen) atoms. The number of nitrogens with zero attached hydrogens (tertiary/aromatic N) is 2. The Morgan fingerprint density at radius 3 is 2.43 bits per heavy atom. The number of carbonyl (C=O) groups is 1. The van der Waals surface area contributed by atoms with E-state index in [0.717, 1.165) is 48.0 Å². The number of hydrogen-bond acceptors (Lipinski definition) is 6. The molecule has 7 rings (SSSR count). The van der Waals surface area contributed by atoms with E-state index >= 15 is 0 Å². The molecule has 0 bridgehead atoms. The molecule has 2 aliphatic heterocycles. The van der Waals surface area contributed by atoms with Crippen LogP contribution in [0, 0.1) is 0 Å². The molecule has 0 radical (unpaired) electrons. The summed E-state index contributed by atoms with van der Waals surface area (Å²) >= 11 is 0. The Kier molecular flexibility index (Phi) is 8.46. The van der Waals surface area contributed by atoms with Gasteiger partial charge in [-0.15, -0.1) is 0 Å². The van der Waals surface area contributed by atoms with Gasteiger partial charge in [-0.3, -0.25) is 4.79 Å². The van der Waals surface area contributed by atoms with E-state index in [9.17, 15) is 18.0 Å². The van der Waals surface area contributed by atoms with Crippen LogP contribution in [0.5, 0.6) is 11.5 Å². The number of pyridine rings is 1. The lowest BCUT2D eigenvalue weighted by Crippen LogP contribution is -2.44. The van der Waals surface area contributed by atoms with Crippen LogP contribution < -0.4 is 20.1 Å². The van der Waals surface area contributed by atoms with E-state index < -0.39 is 11.7 Å². The molecule has 0 spiro atoms. The molecule has 1 atom stereocenters. The fraction of sp³-hybridized carbons (Fsp3) is 0.389. The maximum absolute atomic E-state index is 14.4. The standard InChI is InChI=1S/C36H37F3N4O3/c37-36(38,39)26-12-8-23(9-13-26)20-41-34-19-30(35(44)43-16-4-7-28(43)21-40-27-5-2-1-3-6-27)29-17-24(10-14-31(29)42-34)25-11-15-32-33(18-25)46-22-45-32/h8-15,17-19,27-28,40H,1-7,16,20-22H2,(H,41,42)/t28-/m0/s1. The number of nitrogens with one attached hydrogen (secondary N) is 2. The number of rotatable bonds is 8. The third-order valence-electron chi connectivity index (χ3n) is 9.39. The molecule has 4 aromatic rings. The summed E-state index contributed by atoms with van der Waals surface area (Å²) in [5, 5.41) is 7.73. The maximum atomic E-state index is 14.4. The number of alkyl halides is 3. The van der Waals surface area contributed by atoms with Gasteiger partial charge in [-0.1, -0.05) is 43.5 Å². The monoisotopic (exact) mass is 630 g/mol. The van der Waals surface area contributed by atoms with E-state index in [2.05, 4.69) is 10.6 Å². The lowest BCUT2D eigenvalue weighted by atomic mass is 9.95. The largest absolute Gasteiger partial charge is 0.454 e. The molecule has 1 aromatic heterocycles. The van der Waals surface area contributed by atoms with Crippen LogP contribution in [0.25, 0.3) is 22.0 Å². The van der Waals surface area contributed by atoms with Crippen LogP contribution >= 0.6 is 0 Å². The van der Waals surface area contributed by atoms with Crippen molar-refractivity contribution in [2.45, 2.75) is 69.8 Å². The third kappa shape index (κ3) is 6.49. The van der Waals surface area contributed by atoms with E-state index in [0.29, 0.717) is 46.5 Å². The Morgan fingerprint density at radius 2 is 1.63 bits per heavy atom. The van der Waals surface area contributed by atoms with Crippen LogP contribution in [0.2, 0.25) is 0 Å². The second-order valence-electron chi connectivity index (χ2n) is 12.4. The SMILES string of the molecule is O=C(c1cc(NCc2ccc(C(F)(F)F)cc2)nc2ccc(-c3ccc4c(c3)OCO4)cc12)N1CCC[C@H]1CNC1CCCCC1. The van der Waals surface area contributed by atoms with Crippen molar-refractivity contribution < 1.29 is 27.4 Å². The maximum Gasteiger partial charge on any atom is 0.416 e. The van der Waals surface area contributed by atoms with Crippen molar-refractivity contribution in [1.82, 2.24) is 15.2 Å². The molecule has 1 aliphatic carbocycles. The minimum Gasteiger partial charge on any atom is -0.454 e. The third-order valence-corrected chi connectivity index (χ3v) is 9.39. The Bertz CT molecular complexity index is 1720. The number of fused-ring (bicyclic) bond motifs is 2. The van der Waals surface area contributed by atoms with Crippen LogP contribution in [0.4, 0.5) is 19.0 Å². The molecule has 2 fully saturated rings. The van der Waals surface area contributed by atoms with Gasteiger partial charge in [0, 0.05) is 37.1 Å². The van der Waals surface area contributed by atoms with Gasteiger partial charge in [-0.05, 0) is 84.8 Å². The average Bonchev–Trinajstić information content (AvgIpc) is 3.75. The van der Waals surface area contributed by atoms with Gasteiger partial charge in [0.2, 0.25) is 6.79 Å². The quantitative estimate of drug-likeness (QED) is 0.207. The Balaban J connectivity index is 1.19. The van der Waals surface area contributed by atoms with Gasteiger partial charge in [0.1, 0.15) is 5.82 Å². The number of aromatic nitrogens is 1. The first kappa shape index (κ1) is 30.3. The molecule has 10 heteroatoms. The fourth-order valence-electron chi connectivity index (χ4n) is 6.83. The van der Waals surface area contributed by atoms with Crippen molar-refractivity contribution in [2.24, 2.45) is 0 Å². The van der Waals surface area contributed by atoms with Crippen LogP contribution in [-0.4, -0.2) is 47.8 Å². The van der Waals surface area contributed by atoms with Crippen LogP contribution in [0.1, 0.15) is 66.4 Å². The number of amides is 1. The van der Waals surface area contributed by atoms with E-state index in [-0.39, 0.29) is 25.3 Å². The highest BCUT2D eigenvalue weighted by Gasteiger charge is 2.32. The lowest BCUT2D eigenvalue weighted by Gasteiger charge is -2.29. The lowest BCUT2D eigenvalue weighted by molar-refractivity contribution is -0.137. The zero-order valence-corrected chi connectivity index (χ0v) is 25.5. The smallest absolute Gasteiger partial charge is 0.416 e. The molecule has 3 aromatic carbocycles. The number of hydrogen-bond donors (Lipinski definition) is 2. The van der Waals surface area contributed by atoms with Gasteiger partial charge >= 0.3 is 6.18 Å². The van der Waals surface area contributed by atoms with Gasteiger partial charge in [0.15, 0.2) is 11.5 Å². The predicted octanol–water partition coefficient (Wildman–Crippen LogP) is 7.79. The number of benzene rings is 3. The number of anilines is 1. The van der Waals surface area contributed by atoms with Crippen LogP contribution in [0.3, 0.4) is 0 Å². The van der Waals surface area contributed by atoms with Crippen molar-refractivity contribution in [2.75, 3.05) is 25.2 Å². The first-order valence-electron chi connectivity index (χ1n) is 16.1. The Morgan fingerprint density at radius 1 is 0.870 bits per heavy atom. The number of carbonyl (C=O) groups excluding carboxylic acids is 1. The molecule has 7 nitrogen and oxygen atoms in total. The van der Waals surface area contributed by atoms with Gasteiger partial charge in [0.25, 0.3) is 5.91 Å². The highest BCUT2D eigenvalue weighted by molar-refractivity contribution is 6.08. The highest BCUT2D eigenvalue weighted by atomic mass is 19.4. The number of halogens is 3. The van der Waals surface area contributed by atoms with E-state index in [1.807, 2.05) is 41.3 Å². The Hall–Kier alpha value is -4.31. The number of likely N-dealkylation sites (tertiary alicyclic amines) is 1. The summed E-state index contributed by atoms with van der Waals surface area (Å²) < 4.78 is 50.2. The van der Waals surface area contributed by atoms with E-state index in [1.165, 1.54) is 44.2 Å². The Labute approximate surface area is 266 Å². The second-order valence-corrected chi connectivity index (χ2v) is 12.4. The van der Waals surface area contributed by atoms with Gasteiger partial charge in [-0.25, -0.2) is 4.98 Å². The molecule has 0 unspecified atom stereocenters. The normalized spacial score (nSPS) is 18.3. The van der Waals surface area contributed by atoms with Crippen molar-refractivity contribution >= 4 is 22.6 Å². The first-order chi connectivity index (χ1) is 22.3. The molecular formula is C36H37F3N4O3. The number of ether oxygens (including phenoxy) is 2. The topological polar surface area (TPSA) is 75.7 Å². The zero-order valence-electron chi connectivity index (χ0n) is 25.5. The van der Waals surface area contributed by atoms with Crippen molar-refractivity contribution in [1.29, 1.82) is 0 Å². The van der Waals surface area contributed by atoms with Crippen LogP contribution in [0.15, 0.2) is 66.7 Å². The van der Waals surface area contributed by atoms with E-state index in [4.69, 9.17) is 14.5 Å². The molecule has 1 amide bonds. The minimum absolute atomic E-state index is 0.0410. The molecule has 2 N–H and O–H groups in total. The molecule has 1 saturated carbocycles. The summed E-state index contributed by atoms with van der Waals surface area (Å²) in [5.74, 6) is 1.83. The zero-order chi connectivity index (χ0) is 31.7. The van der Waals surface area contributed by atoms with Crippen molar-refractivity contribution in [3.8, 4) is 22.6 Å². The van der Waals surface area contributed by atoms with Crippen molar-refractivity contribution in [3.63, 3.8) is 0 Å². The van der Waals surface area contributed by atoms with Crippen molar-refractivity contribution in [3.05, 3.63) is 83.4 Å². The molecule has 1 saturated heterocycles. The minimum atomic E-state index is -4.39. The molecular weight excluding hydrogens is 593 g/mol. The fourth-order valence-corrected chi connectivity index (χ4v) is 6.83. The summed E-state index contributed by atoms with van der Waals surface area (Å²) in [4.78, 5) is 21.2. The molecule has 3 heterocycles. The van der Waals surface area contributed by atoms with Crippen LogP contribution in [-0.2, 0) is 12.7 Å². The summed E-state index contributed by atoms with van der Waals surface area (Å²) in [6, 6.07) is 19.1. The second kappa shape index (κ2) is 12.8. The average molecular weight is 631 g/mol. The summed E-state index contributed by atoms with van der Waals surface area (Å²) in [6.45, 7) is 1.92. The predicted molar refractivity (Wildman–Crippen MR) is 171 cm³/mol. The van der Waals surface area contributed by atoms with Gasteiger partial charge < -0.3 is 25.0 Å². The van der Waals surface area contributed by atoms with E-state index in [1.54, 1.807) is 6.07 Å². The summed E-state index contributed by atoms with van der Waals surface area (Å²) in [5.41, 5.74) is 3.04. The highest BCUT2D eigenvalue weighted by Crippen LogP contribution is 2.37. The first-order valence-corrected chi connectivity index (χ1v) is 16.1. The van der Waals surface area contributed by atoms with Gasteiger partial charge in [0.05, 0.1) is 16.6 Å². The molecule has 240 valence electrons.